The van der Waals surface area contributed by atoms with Crippen molar-refractivity contribution >= 4 is 50.6 Å². The zero-order valence-corrected chi connectivity index (χ0v) is 19.1. The summed E-state index contributed by atoms with van der Waals surface area (Å²) in [5, 5.41) is 3.65. The van der Waals surface area contributed by atoms with E-state index in [1.807, 2.05) is 6.07 Å². The van der Waals surface area contributed by atoms with Gasteiger partial charge < -0.3 is 10.2 Å². The molecular formula is C18H23Cl2N3O3S2. The summed E-state index contributed by atoms with van der Waals surface area (Å²) in [4.78, 5) is 14.6. The van der Waals surface area contributed by atoms with Crippen molar-refractivity contribution in [1.29, 1.82) is 0 Å². The SMILES string of the molecule is CCN(CC)S(=O)(=O)c1ccc(CNC(=O)N(C)Cc2cccc(Cl)c2Cl)s1. The van der Waals surface area contributed by atoms with Crippen molar-refractivity contribution in [3.63, 3.8) is 0 Å². The maximum atomic E-state index is 12.5. The van der Waals surface area contributed by atoms with Crippen molar-refractivity contribution in [1.82, 2.24) is 14.5 Å². The first-order valence-electron chi connectivity index (χ1n) is 8.71. The van der Waals surface area contributed by atoms with E-state index in [0.29, 0.717) is 29.7 Å². The van der Waals surface area contributed by atoms with Crippen molar-refractivity contribution in [2.24, 2.45) is 0 Å². The quantitative estimate of drug-likeness (QED) is 0.629. The molecule has 2 rings (SSSR count). The van der Waals surface area contributed by atoms with Crippen LogP contribution in [0.1, 0.15) is 24.3 Å². The number of nitrogens with zero attached hydrogens (tertiary/aromatic N) is 2. The van der Waals surface area contributed by atoms with Gasteiger partial charge in [0.25, 0.3) is 10.0 Å². The maximum Gasteiger partial charge on any atom is 0.317 e. The normalized spacial score (nSPS) is 11.6. The van der Waals surface area contributed by atoms with Crippen LogP contribution in [0.3, 0.4) is 0 Å². The Hall–Kier alpha value is -1.32. The van der Waals surface area contributed by atoms with E-state index in [4.69, 9.17) is 23.2 Å². The first kappa shape index (κ1) is 23.0. The molecule has 1 aromatic carbocycles. The highest BCUT2D eigenvalue weighted by molar-refractivity contribution is 7.91. The number of sulfonamides is 1. The van der Waals surface area contributed by atoms with Gasteiger partial charge in [0.15, 0.2) is 0 Å². The van der Waals surface area contributed by atoms with E-state index in [0.717, 1.165) is 21.8 Å². The molecule has 0 saturated carbocycles. The third-order valence-corrected chi connectivity index (χ3v) is 8.60. The molecule has 2 aromatic rings. The number of hydrogen-bond acceptors (Lipinski definition) is 4. The molecule has 28 heavy (non-hydrogen) atoms. The molecule has 154 valence electrons. The zero-order chi connectivity index (χ0) is 20.9. The summed E-state index contributed by atoms with van der Waals surface area (Å²) in [7, 11) is -1.83. The van der Waals surface area contributed by atoms with Gasteiger partial charge in [-0.2, -0.15) is 4.31 Å². The molecule has 10 heteroatoms. The highest BCUT2D eigenvalue weighted by atomic mass is 35.5. The van der Waals surface area contributed by atoms with Gasteiger partial charge >= 0.3 is 6.03 Å². The first-order valence-corrected chi connectivity index (χ1v) is 11.7. The topological polar surface area (TPSA) is 69.7 Å². The summed E-state index contributed by atoms with van der Waals surface area (Å²) in [6.07, 6.45) is 0. The summed E-state index contributed by atoms with van der Waals surface area (Å²) < 4.78 is 26.8. The lowest BCUT2D eigenvalue weighted by Crippen LogP contribution is -2.36. The summed E-state index contributed by atoms with van der Waals surface area (Å²) in [5.74, 6) is 0. The lowest BCUT2D eigenvalue weighted by molar-refractivity contribution is 0.206. The minimum atomic E-state index is -3.48. The number of benzene rings is 1. The van der Waals surface area contributed by atoms with Crippen molar-refractivity contribution in [3.05, 3.63) is 50.8 Å². The van der Waals surface area contributed by atoms with Crippen molar-refractivity contribution in [3.8, 4) is 0 Å². The Bertz CT molecular complexity index is 928. The fraction of sp³-hybridized carbons (Fsp3) is 0.389. The van der Waals surface area contributed by atoms with Crippen molar-refractivity contribution < 1.29 is 13.2 Å². The second kappa shape index (κ2) is 9.93. The van der Waals surface area contributed by atoms with Crippen LogP contribution >= 0.6 is 34.5 Å². The lowest BCUT2D eigenvalue weighted by Gasteiger charge is -2.19. The Labute approximate surface area is 180 Å². The molecule has 1 aromatic heterocycles. The molecule has 1 N–H and O–H groups in total. The maximum absolute atomic E-state index is 12.5. The average Bonchev–Trinajstić information content (AvgIpc) is 3.14. The first-order chi connectivity index (χ1) is 13.2. The number of rotatable bonds is 8. The Kier molecular flexibility index (Phi) is 8.15. The third kappa shape index (κ3) is 5.39. The molecule has 0 atom stereocenters. The molecule has 0 bridgehead atoms. The van der Waals surface area contributed by atoms with Crippen LogP contribution in [0.15, 0.2) is 34.5 Å². The number of urea groups is 1. The minimum Gasteiger partial charge on any atom is -0.333 e. The number of carbonyl (C=O) groups excluding carboxylic acids is 1. The predicted octanol–water partition coefficient (Wildman–Crippen LogP) is 4.43. The molecular weight excluding hydrogens is 441 g/mol. The summed E-state index contributed by atoms with van der Waals surface area (Å²) in [5.41, 5.74) is 0.746. The largest absolute Gasteiger partial charge is 0.333 e. The van der Waals surface area contributed by atoms with Gasteiger partial charge in [-0.15, -0.1) is 11.3 Å². The van der Waals surface area contributed by atoms with Crippen LogP contribution in [0.4, 0.5) is 4.79 Å². The Morgan fingerprint density at radius 1 is 1.14 bits per heavy atom. The van der Waals surface area contributed by atoms with Crippen LogP contribution < -0.4 is 5.32 Å². The van der Waals surface area contributed by atoms with Crippen LogP contribution in [-0.2, 0) is 23.1 Å². The smallest absolute Gasteiger partial charge is 0.317 e. The summed E-state index contributed by atoms with van der Waals surface area (Å²) >= 11 is 13.3. The van der Waals surface area contributed by atoms with E-state index in [2.05, 4.69) is 5.32 Å². The van der Waals surface area contributed by atoms with Gasteiger partial charge in [0, 0.05) is 31.6 Å². The summed E-state index contributed by atoms with van der Waals surface area (Å²) in [6, 6.07) is 8.27. The van der Waals surface area contributed by atoms with E-state index in [-0.39, 0.29) is 16.8 Å². The van der Waals surface area contributed by atoms with Crippen LogP contribution in [0.25, 0.3) is 0 Å². The monoisotopic (exact) mass is 463 g/mol. The Morgan fingerprint density at radius 2 is 1.82 bits per heavy atom. The molecule has 0 saturated heterocycles. The van der Waals surface area contributed by atoms with Crippen LogP contribution in [0, 0.1) is 0 Å². The van der Waals surface area contributed by atoms with E-state index >= 15 is 0 Å². The fourth-order valence-electron chi connectivity index (χ4n) is 2.58. The van der Waals surface area contributed by atoms with E-state index in [9.17, 15) is 13.2 Å². The van der Waals surface area contributed by atoms with E-state index in [1.165, 1.54) is 9.21 Å². The van der Waals surface area contributed by atoms with Gasteiger partial charge in [0.1, 0.15) is 4.21 Å². The Morgan fingerprint density at radius 3 is 2.46 bits per heavy atom. The lowest BCUT2D eigenvalue weighted by atomic mass is 10.2. The fourth-order valence-corrected chi connectivity index (χ4v) is 5.87. The van der Waals surface area contributed by atoms with Gasteiger partial charge in [-0.3, -0.25) is 0 Å². The van der Waals surface area contributed by atoms with Gasteiger partial charge in [0.2, 0.25) is 0 Å². The van der Waals surface area contributed by atoms with E-state index < -0.39 is 10.0 Å². The molecule has 0 aliphatic carbocycles. The number of hydrogen-bond donors (Lipinski definition) is 1. The van der Waals surface area contributed by atoms with Crippen LogP contribution in [0.2, 0.25) is 10.0 Å². The molecule has 0 aliphatic rings. The molecule has 0 spiro atoms. The molecule has 1 heterocycles. The van der Waals surface area contributed by atoms with E-state index in [1.54, 1.807) is 45.2 Å². The Balaban J connectivity index is 1.98. The molecule has 0 aliphatic heterocycles. The van der Waals surface area contributed by atoms with Gasteiger partial charge in [-0.05, 0) is 23.8 Å². The molecule has 0 radical (unpaired) electrons. The predicted molar refractivity (Wildman–Crippen MR) is 115 cm³/mol. The van der Waals surface area contributed by atoms with Gasteiger partial charge in [-0.1, -0.05) is 49.2 Å². The summed E-state index contributed by atoms with van der Waals surface area (Å²) in [6.45, 7) is 4.98. The van der Waals surface area contributed by atoms with Crippen LogP contribution in [-0.4, -0.2) is 43.8 Å². The number of halogens is 2. The second-order valence-corrected chi connectivity index (χ2v) is 10.2. The number of amides is 2. The molecule has 2 amide bonds. The van der Waals surface area contributed by atoms with Crippen molar-refractivity contribution in [2.45, 2.75) is 31.1 Å². The standard InChI is InChI=1S/C18H23Cl2N3O3S2/c1-4-23(5-2)28(25,26)16-10-9-14(27-16)11-21-18(24)22(3)12-13-7-6-8-15(19)17(13)20/h6-10H,4-5,11-12H2,1-3H3,(H,21,24). The van der Waals surface area contributed by atoms with Gasteiger partial charge in [-0.25, -0.2) is 13.2 Å². The number of carbonyl (C=O) groups is 1. The average molecular weight is 464 g/mol. The molecule has 6 nitrogen and oxygen atoms in total. The molecule has 0 fully saturated rings. The zero-order valence-electron chi connectivity index (χ0n) is 15.9. The van der Waals surface area contributed by atoms with Crippen molar-refractivity contribution in [2.75, 3.05) is 20.1 Å². The highest BCUT2D eigenvalue weighted by Crippen LogP contribution is 2.27. The highest BCUT2D eigenvalue weighted by Gasteiger charge is 2.23. The second-order valence-electron chi connectivity index (χ2n) is 6.04. The third-order valence-electron chi connectivity index (χ3n) is 4.14. The minimum absolute atomic E-state index is 0.241. The molecule has 0 unspecified atom stereocenters. The van der Waals surface area contributed by atoms with Crippen LogP contribution in [0.5, 0.6) is 0 Å². The number of nitrogens with one attached hydrogen (secondary N) is 1. The number of thiophene rings is 1. The van der Waals surface area contributed by atoms with Gasteiger partial charge in [0.05, 0.1) is 16.6 Å².